The van der Waals surface area contributed by atoms with Crippen LogP contribution in [0, 0.1) is 3.57 Å². The quantitative estimate of drug-likeness (QED) is 0.461. The van der Waals surface area contributed by atoms with E-state index in [1.807, 2.05) is 43.3 Å². The van der Waals surface area contributed by atoms with Crippen molar-refractivity contribution in [3.63, 3.8) is 0 Å². The Kier molecular flexibility index (Phi) is 4.77. The zero-order valence-electron chi connectivity index (χ0n) is 15.6. The van der Waals surface area contributed by atoms with Crippen LogP contribution in [0.2, 0.25) is 0 Å². The highest BCUT2D eigenvalue weighted by Gasteiger charge is 2.21. The van der Waals surface area contributed by atoms with Gasteiger partial charge in [-0.15, -0.1) is 0 Å². The predicted octanol–water partition coefficient (Wildman–Crippen LogP) is 3.73. The number of rotatable bonds is 4. The molecule has 4 rings (SSSR count). The molecule has 0 saturated carbocycles. The minimum Gasteiger partial charge on any atom is -0.351 e. The Bertz CT molecular complexity index is 1130. The summed E-state index contributed by atoms with van der Waals surface area (Å²) in [5.74, 6) is -0.0498. The van der Waals surface area contributed by atoms with Crippen molar-refractivity contribution in [3.8, 4) is 11.4 Å². The molecule has 0 aliphatic carbocycles. The van der Waals surface area contributed by atoms with Gasteiger partial charge in [-0.1, -0.05) is 18.2 Å². The number of amides is 1. The number of halogens is 1. The van der Waals surface area contributed by atoms with E-state index in [2.05, 4.69) is 57.7 Å². The molecule has 5 nitrogen and oxygen atoms in total. The maximum absolute atomic E-state index is 12.5. The van der Waals surface area contributed by atoms with Crippen LogP contribution in [0.15, 0.2) is 42.5 Å². The zero-order valence-corrected chi connectivity index (χ0v) is 17.7. The van der Waals surface area contributed by atoms with Gasteiger partial charge in [-0.3, -0.25) is 4.79 Å². The van der Waals surface area contributed by atoms with E-state index >= 15 is 0 Å². The summed E-state index contributed by atoms with van der Waals surface area (Å²) in [5.41, 5.74) is 4.79. The van der Waals surface area contributed by atoms with Crippen molar-refractivity contribution in [3.05, 3.63) is 51.6 Å². The van der Waals surface area contributed by atoms with E-state index in [0.717, 1.165) is 37.9 Å². The molecule has 2 aromatic carbocycles. The molecule has 27 heavy (non-hydrogen) atoms. The molecule has 6 heteroatoms. The van der Waals surface area contributed by atoms with E-state index in [-0.39, 0.29) is 5.91 Å². The summed E-state index contributed by atoms with van der Waals surface area (Å²) >= 11 is 2.37. The fraction of sp³-hybridized carbons (Fsp3) is 0.238. The molecule has 0 saturated heterocycles. The van der Waals surface area contributed by atoms with Crippen LogP contribution in [0.25, 0.3) is 33.2 Å². The van der Waals surface area contributed by atoms with Gasteiger partial charge in [0.2, 0.25) is 0 Å². The molecule has 1 N–H and O–H groups in total. The van der Waals surface area contributed by atoms with Crippen molar-refractivity contribution in [1.29, 1.82) is 0 Å². The topological polar surface area (TPSA) is 50.2 Å². The fourth-order valence-electron chi connectivity index (χ4n) is 3.45. The fourth-order valence-corrected chi connectivity index (χ4v) is 4.28. The standard InChI is InChI=1S/C21H21IN4O/c1-25(2)11-10-23-21(27)13-8-9-16-15(12-13)20-19(24-16)18(22)14-6-4-5-7-17(14)26(20)3/h4-9,12H,10-11H2,1-3H3,(H,23,27). The molecule has 0 aromatic heterocycles. The van der Waals surface area contributed by atoms with Gasteiger partial charge < -0.3 is 14.8 Å². The van der Waals surface area contributed by atoms with Crippen LogP contribution in [0.5, 0.6) is 0 Å². The zero-order chi connectivity index (χ0) is 19.1. The van der Waals surface area contributed by atoms with E-state index in [9.17, 15) is 4.79 Å². The first-order chi connectivity index (χ1) is 13.0. The van der Waals surface area contributed by atoms with E-state index in [0.29, 0.717) is 12.1 Å². The molecular weight excluding hydrogens is 451 g/mol. The summed E-state index contributed by atoms with van der Waals surface area (Å²) in [5, 5.41) is 5.18. The number of aromatic nitrogens is 2. The summed E-state index contributed by atoms with van der Waals surface area (Å²) in [6, 6.07) is 14.1. The lowest BCUT2D eigenvalue weighted by Gasteiger charge is -2.14. The summed E-state index contributed by atoms with van der Waals surface area (Å²) < 4.78 is 3.32. The van der Waals surface area contributed by atoms with Crippen molar-refractivity contribution >= 4 is 50.3 Å². The predicted molar refractivity (Wildman–Crippen MR) is 118 cm³/mol. The molecule has 2 aromatic rings. The molecule has 0 bridgehead atoms. The number of nitrogens with one attached hydrogen (secondary N) is 1. The number of benzene rings is 2. The van der Waals surface area contributed by atoms with Gasteiger partial charge in [-0.05, 0) is 61.0 Å². The highest BCUT2D eigenvalue weighted by molar-refractivity contribution is 14.1. The van der Waals surface area contributed by atoms with Crippen molar-refractivity contribution < 1.29 is 4.79 Å². The Morgan fingerprint density at radius 2 is 1.96 bits per heavy atom. The number of pyridine rings is 1. The largest absolute Gasteiger partial charge is 0.351 e. The molecule has 0 radical (unpaired) electrons. The normalized spacial score (nSPS) is 11.7. The number of fused-ring (bicyclic) bond motifs is 4. The van der Waals surface area contributed by atoms with Crippen LogP contribution < -0.4 is 5.32 Å². The summed E-state index contributed by atoms with van der Waals surface area (Å²) in [6.07, 6.45) is 0. The van der Waals surface area contributed by atoms with Crippen molar-refractivity contribution in [2.24, 2.45) is 7.05 Å². The number of carbonyl (C=O) groups is 1. The smallest absolute Gasteiger partial charge is 0.251 e. The molecule has 0 fully saturated rings. The maximum atomic E-state index is 12.5. The van der Waals surface area contributed by atoms with Crippen LogP contribution in [-0.2, 0) is 7.05 Å². The molecule has 0 atom stereocenters. The highest BCUT2D eigenvalue weighted by atomic mass is 127. The first-order valence-electron chi connectivity index (χ1n) is 8.86. The van der Waals surface area contributed by atoms with Gasteiger partial charge in [0, 0.05) is 42.0 Å². The lowest BCUT2D eigenvalue weighted by Crippen LogP contribution is -2.31. The van der Waals surface area contributed by atoms with Gasteiger partial charge in [0.25, 0.3) is 5.91 Å². The Labute approximate surface area is 171 Å². The number of aryl methyl sites for hydroxylation is 1. The average molecular weight is 472 g/mol. The monoisotopic (exact) mass is 472 g/mol. The molecule has 2 aliphatic rings. The third kappa shape index (κ3) is 3.17. The summed E-state index contributed by atoms with van der Waals surface area (Å²) in [7, 11) is 6.05. The van der Waals surface area contributed by atoms with Crippen LogP contribution in [0.4, 0.5) is 0 Å². The number of para-hydroxylation sites is 1. The van der Waals surface area contributed by atoms with Crippen molar-refractivity contribution in [2.75, 3.05) is 27.2 Å². The second kappa shape index (κ2) is 7.09. The van der Waals surface area contributed by atoms with E-state index < -0.39 is 0 Å². The SMILES string of the molecule is CN(C)CCNC(=O)c1ccc2nc3c(I)c4ccccc4n(C)c-3c2c1. The van der Waals surface area contributed by atoms with Gasteiger partial charge in [-0.2, -0.15) is 0 Å². The molecule has 2 aliphatic heterocycles. The molecule has 2 heterocycles. The lowest BCUT2D eigenvalue weighted by atomic mass is 10.1. The molecule has 0 unspecified atom stereocenters. The molecular formula is C21H21IN4O. The number of hydrogen-bond donors (Lipinski definition) is 1. The van der Waals surface area contributed by atoms with Gasteiger partial charge in [0.15, 0.2) is 0 Å². The van der Waals surface area contributed by atoms with Gasteiger partial charge in [0.05, 0.1) is 14.8 Å². The molecule has 0 spiro atoms. The van der Waals surface area contributed by atoms with Crippen LogP contribution in [0.1, 0.15) is 10.4 Å². The molecule has 138 valence electrons. The minimum absolute atomic E-state index is 0.0498. The first kappa shape index (κ1) is 18.2. The van der Waals surface area contributed by atoms with Crippen molar-refractivity contribution in [2.45, 2.75) is 0 Å². The summed E-state index contributed by atoms with van der Waals surface area (Å²) in [4.78, 5) is 19.4. The highest BCUT2D eigenvalue weighted by Crippen LogP contribution is 2.38. The Morgan fingerprint density at radius 1 is 1.19 bits per heavy atom. The number of carbonyl (C=O) groups excluding carboxylic acids is 1. The average Bonchev–Trinajstić information content (AvgIpc) is 3.05. The molecule has 1 amide bonds. The van der Waals surface area contributed by atoms with Crippen LogP contribution in [-0.4, -0.2) is 47.5 Å². The second-order valence-electron chi connectivity index (χ2n) is 6.99. The Hall–Kier alpha value is -2.19. The van der Waals surface area contributed by atoms with E-state index in [1.165, 1.54) is 5.39 Å². The first-order valence-corrected chi connectivity index (χ1v) is 9.94. The minimum atomic E-state index is -0.0498. The number of likely N-dealkylation sites (N-methyl/N-ethyl adjacent to an activating group) is 1. The van der Waals surface area contributed by atoms with Gasteiger partial charge in [-0.25, -0.2) is 4.98 Å². The third-order valence-corrected chi connectivity index (χ3v) is 5.95. The Morgan fingerprint density at radius 3 is 2.74 bits per heavy atom. The third-order valence-electron chi connectivity index (χ3n) is 4.86. The van der Waals surface area contributed by atoms with E-state index in [4.69, 9.17) is 4.98 Å². The van der Waals surface area contributed by atoms with Gasteiger partial charge in [0.1, 0.15) is 5.69 Å². The summed E-state index contributed by atoms with van der Waals surface area (Å²) in [6.45, 7) is 1.44. The maximum Gasteiger partial charge on any atom is 0.251 e. The van der Waals surface area contributed by atoms with Crippen LogP contribution >= 0.6 is 22.6 Å². The van der Waals surface area contributed by atoms with Crippen molar-refractivity contribution in [1.82, 2.24) is 19.8 Å². The number of hydrogen-bond acceptors (Lipinski definition) is 3. The van der Waals surface area contributed by atoms with Crippen LogP contribution in [0.3, 0.4) is 0 Å². The number of nitrogens with zero attached hydrogens (tertiary/aromatic N) is 3. The van der Waals surface area contributed by atoms with Gasteiger partial charge >= 0.3 is 0 Å². The van der Waals surface area contributed by atoms with E-state index in [1.54, 1.807) is 0 Å². The Balaban J connectivity index is 1.83. The lowest BCUT2D eigenvalue weighted by molar-refractivity contribution is 0.0951. The second-order valence-corrected chi connectivity index (χ2v) is 8.07.